The van der Waals surface area contributed by atoms with E-state index in [2.05, 4.69) is 32.3 Å². The minimum atomic E-state index is 1.23. The van der Waals surface area contributed by atoms with Gasteiger partial charge in [-0.05, 0) is 19.4 Å². The van der Waals surface area contributed by atoms with E-state index < -0.39 is 0 Å². The van der Waals surface area contributed by atoms with Crippen molar-refractivity contribution in [3.05, 3.63) is 30.6 Å². The van der Waals surface area contributed by atoms with Gasteiger partial charge in [0.05, 0.1) is 12.7 Å². The van der Waals surface area contributed by atoms with Crippen molar-refractivity contribution in [1.29, 1.82) is 5.26 Å². The van der Waals surface area contributed by atoms with E-state index in [9.17, 15) is 0 Å². The third-order valence-corrected chi connectivity index (χ3v) is 1.51. The summed E-state index contributed by atoms with van der Waals surface area (Å²) in [6.07, 6.45) is 7.89. The van der Waals surface area contributed by atoms with Crippen molar-refractivity contribution in [3.8, 4) is 0 Å². The van der Waals surface area contributed by atoms with Crippen LogP contribution < -0.4 is 4.90 Å². The van der Waals surface area contributed by atoms with Crippen molar-refractivity contribution in [2.24, 2.45) is 0 Å². The normalized spacial score (nSPS) is 20.4. The fraction of sp³-hybridized carbons (Fsp3) is 0.444. The number of allylic oxidation sites excluding steroid dienone is 2. The van der Waals surface area contributed by atoms with E-state index in [-0.39, 0.29) is 0 Å². The van der Waals surface area contributed by atoms with Crippen molar-refractivity contribution in [1.82, 2.24) is 0 Å². The third-order valence-electron chi connectivity index (χ3n) is 1.51. The lowest BCUT2D eigenvalue weighted by Gasteiger charge is -2.02. The molecule has 11 heavy (non-hydrogen) atoms. The van der Waals surface area contributed by atoms with Crippen LogP contribution in [-0.4, -0.2) is 6.54 Å². The van der Waals surface area contributed by atoms with E-state index in [0.717, 1.165) is 0 Å². The van der Waals surface area contributed by atoms with Crippen LogP contribution in [0.1, 0.15) is 20.3 Å². The molecule has 1 aliphatic heterocycles. The topological polar surface area (TPSA) is 28.2 Å². The molecule has 0 aromatic heterocycles. The van der Waals surface area contributed by atoms with E-state index >= 15 is 0 Å². The first kappa shape index (κ1) is 9.93. The van der Waals surface area contributed by atoms with E-state index in [1.807, 2.05) is 0 Å². The SMILES string of the molecule is CCC[NH+]1C=CC(C)=C1.[C-]#N. The molecule has 0 aromatic carbocycles. The van der Waals surface area contributed by atoms with Crippen LogP contribution in [0.5, 0.6) is 0 Å². The van der Waals surface area contributed by atoms with Gasteiger partial charge in [-0.3, -0.25) is 4.90 Å². The molecule has 0 fully saturated rings. The second-order valence-corrected chi connectivity index (χ2v) is 2.55. The Morgan fingerprint density at radius 1 is 1.55 bits per heavy atom. The average Bonchev–Trinajstić information content (AvgIpc) is 2.41. The van der Waals surface area contributed by atoms with Crippen LogP contribution in [-0.2, 0) is 0 Å². The van der Waals surface area contributed by atoms with Gasteiger partial charge in [0.2, 0.25) is 0 Å². The maximum absolute atomic E-state index is 6.25. The summed E-state index contributed by atoms with van der Waals surface area (Å²) in [6, 6.07) is 0. The Morgan fingerprint density at radius 3 is 2.55 bits per heavy atom. The Labute approximate surface area is 68.4 Å². The summed E-state index contributed by atoms with van der Waals surface area (Å²) in [5.41, 5.74) is 1.39. The van der Waals surface area contributed by atoms with Gasteiger partial charge in [0.15, 0.2) is 0 Å². The lowest BCUT2D eigenvalue weighted by atomic mass is 10.4. The molecule has 2 nitrogen and oxygen atoms in total. The zero-order valence-electron chi connectivity index (χ0n) is 7.09. The van der Waals surface area contributed by atoms with Gasteiger partial charge in [0, 0.05) is 5.57 Å². The predicted molar refractivity (Wildman–Crippen MR) is 44.0 cm³/mol. The number of hydrogen-bond acceptors (Lipinski definition) is 1. The average molecular weight is 150 g/mol. The molecule has 1 aliphatic rings. The number of nitrogens with one attached hydrogen (secondary N) is 1. The second kappa shape index (κ2) is 5.70. The standard InChI is InChI=1S/C8H13N.CN/c1-3-5-9-6-4-8(2)7-9;1-2/h4,6-7H,3,5H2,1-2H3;/q;-1/p+1. The summed E-state index contributed by atoms with van der Waals surface area (Å²) in [4.78, 5) is 1.48. The summed E-state index contributed by atoms with van der Waals surface area (Å²) in [5, 5.41) is 6.25. The smallest absolute Gasteiger partial charge is 0.102 e. The molecular weight excluding hydrogens is 136 g/mol. The van der Waals surface area contributed by atoms with E-state index in [1.165, 1.54) is 23.4 Å². The second-order valence-electron chi connectivity index (χ2n) is 2.55. The Hall–Kier alpha value is -1.07. The molecule has 0 aliphatic carbocycles. The molecule has 60 valence electrons. The van der Waals surface area contributed by atoms with Crippen LogP contribution in [0.15, 0.2) is 24.0 Å². The predicted octanol–water partition coefficient (Wildman–Crippen LogP) is 0.809. The van der Waals surface area contributed by atoms with Crippen molar-refractivity contribution < 1.29 is 4.90 Å². The van der Waals surface area contributed by atoms with Gasteiger partial charge >= 0.3 is 0 Å². The molecule has 1 atom stereocenters. The summed E-state index contributed by atoms with van der Waals surface area (Å²) in [7, 11) is 0. The maximum atomic E-state index is 6.25. The van der Waals surface area contributed by atoms with Crippen LogP contribution in [0.4, 0.5) is 0 Å². The zero-order valence-corrected chi connectivity index (χ0v) is 7.09. The largest absolute Gasteiger partial charge is 0.512 e. The quantitative estimate of drug-likeness (QED) is 0.580. The lowest BCUT2D eigenvalue weighted by Crippen LogP contribution is -3.01. The molecule has 0 amide bonds. The van der Waals surface area contributed by atoms with Crippen molar-refractivity contribution in [2.45, 2.75) is 20.3 Å². The van der Waals surface area contributed by atoms with E-state index in [4.69, 9.17) is 11.8 Å². The molecule has 1 unspecified atom stereocenters. The minimum Gasteiger partial charge on any atom is -0.512 e. The molecule has 0 saturated heterocycles. The summed E-state index contributed by atoms with van der Waals surface area (Å²) in [5.74, 6) is 0. The first-order valence-electron chi connectivity index (χ1n) is 3.77. The lowest BCUT2D eigenvalue weighted by molar-refractivity contribution is -0.787. The van der Waals surface area contributed by atoms with Gasteiger partial charge in [-0.15, -0.1) is 0 Å². The molecule has 0 aromatic rings. The fourth-order valence-electron chi connectivity index (χ4n) is 1.07. The summed E-state index contributed by atoms with van der Waals surface area (Å²) >= 11 is 0. The summed E-state index contributed by atoms with van der Waals surface area (Å²) in [6.45, 7) is 10.3. The van der Waals surface area contributed by atoms with Crippen molar-refractivity contribution in [2.75, 3.05) is 6.54 Å². The van der Waals surface area contributed by atoms with Gasteiger partial charge in [-0.2, -0.15) is 0 Å². The van der Waals surface area contributed by atoms with Crippen LogP contribution >= 0.6 is 0 Å². The van der Waals surface area contributed by atoms with Gasteiger partial charge in [0.25, 0.3) is 0 Å². The Bertz CT molecular complexity index is 177. The highest BCUT2D eigenvalue weighted by molar-refractivity contribution is 5.14. The zero-order chi connectivity index (χ0) is 8.69. The van der Waals surface area contributed by atoms with Crippen molar-refractivity contribution >= 4 is 0 Å². The monoisotopic (exact) mass is 150 g/mol. The van der Waals surface area contributed by atoms with Crippen LogP contribution in [0, 0.1) is 11.8 Å². The molecule has 2 heteroatoms. The summed E-state index contributed by atoms with van der Waals surface area (Å²) < 4.78 is 0. The Morgan fingerprint density at radius 2 is 2.18 bits per heavy atom. The van der Waals surface area contributed by atoms with Gasteiger partial charge in [-0.1, -0.05) is 6.92 Å². The van der Waals surface area contributed by atoms with Crippen molar-refractivity contribution in [3.63, 3.8) is 0 Å². The van der Waals surface area contributed by atoms with E-state index in [1.54, 1.807) is 0 Å². The van der Waals surface area contributed by atoms with Gasteiger partial charge in [0.1, 0.15) is 6.20 Å². The highest BCUT2D eigenvalue weighted by atomic mass is 15.1. The van der Waals surface area contributed by atoms with Gasteiger partial charge in [-0.25, -0.2) is 0 Å². The van der Waals surface area contributed by atoms with Crippen LogP contribution in [0.2, 0.25) is 0 Å². The number of nitrogens with zero attached hydrogens (tertiary/aromatic N) is 1. The highest BCUT2D eigenvalue weighted by Crippen LogP contribution is 1.92. The minimum absolute atomic E-state index is 1.23. The van der Waals surface area contributed by atoms with Crippen LogP contribution in [0.25, 0.3) is 0 Å². The molecule has 0 saturated carbocycles. The highest BCUT2D eigenvalue weighted by Gasteiger charge is 2.04. The number of quaternary nitrogens is 1. The molecule has 1 N–H and O–H groups in total. The fourth-order valence-corrected chi connectivity index (χ4v) is 1.07. The molecule has 0 spiro atoms. The van der Waals surface area contributed by atoms with Crippen LogP contribution in [0.3, 0.4) is 0 Å². The maximum Gasteiger partial charge on any atom is 0.102 e. The van der Waals surface area contributed by atoms with Gasteiger partial charge < -0.3 is 11.8 Å². The first-order chi connectivity index (χ1) is 5.33. The number of rotatable bonds is 2. The number of hydrogen-bond donors (Lipinski definition) is 1. The molecular formula is C9H14N2. The molecule has 0 bridgehead atoms. The third kappa shape index (κ3) is 3.59. The molecule has 1 rings (SSSR count). The first-order valence-corrected chi connectivity index (χ1v) is 3.77. The Balaban J connectivity index is 0.000000461. The Kier molecular flexibility index (Phi) is 5.14. The van der Waals surface area contributed by atoms with E-state index in [0.29, 0.717) is 0 Å². The molecule has 0 radical (unpaired) electrons. The molecule has 1 heterocycles.